The average molecular weight is 157 g/mol. The largest absolute Gasteiger partial charge is 0.333 e. The summed E-state index contributed by atoms with van der Waals surface area (Å²) in [5.41, 5.74) is 4.50. The van der Waals surface area contributed by atoms with Crippen molar-refractivity contribution in [2.45, 2.75) is 40.0 Å². The van der Waals surface area contributed by atoms with Crippen LogP contribution in [0.3, 0.4) is 0 Å². The molecule has 0 unspecified atom stereocenters. The average Bonchev–Trinajstić information content (AvgIpc) is 1.88. The third kappa shape index (κ3) is 4.41. The van der Waals surface area contributed by atoms with Gasteiger partial charge in [0.15, 0.2) is 0 Å². The second-order valence-electron chi connectivity index (χ2n) is 4.02. The molecular formula is C10H23N. The molecule has 0 saturated heterocycles. The van der Waals surface area contributed by atoms with Crippen LogP contribution in [0.1, 0.15) is 40.0 Å². The zero-order valence-electron chi connectivity index (χ0n) is 8.43. The van der Waals surface area contributed by atoms with E-state index in [1.165, 1.54) is 26.3 Å². The summed E-state index contributed by atoms with van der Waals surface area (Å²) < 4.78 is 0. The van der Waals surface area contributed by atoms with Crippen molar-refractivity contribution in [2.75, 3.05) is 7.05 Å². The Kier molecular flexibility index (Phi) is 5.57. The van der Waals surface area contributed by atoms with Crippen molar-refractivity contribution in [3.8, 4) is 0 Å². The molecule has 1 heteroatoms. The molecule has 0 heterocycles. The maximum Gasteiger partial charge on any atom is -0.0195 e. The Labute approximate surface area is 71.4 Å². The molecule has 0 radical (unpaired) electrons. The first-order chi connectivity index (χ1) is 5.18. The van der Waals surface area contributed by atoms with E-state index in [2.05, 4.69) is 26.5 Å². The van der Waals surface area contributed by atoms with Crippen LogP contribution in [0.4, 0.5) is 0 Å². The third-order valence-electron chi connectivity index (χ3n) is 2.41. The fourth-order valence-electron chi connectivity index (χ4n) is 2.35. The van der Waals surface area contributed by atoms with Gasteiger partial charge in [-0.25, -0.2) is 0 Å². The minimum atomic E-state index is 0.990. The molecule has 0 aliphatic heterocycles. The molecule has 0 spiro atoms. The lowest BCUT2D eigenvalue weighted by Gasteiger charge is -2.28. The number of hydrogen-bond acceptors (Lipinski definition) is 1. The molecule has 0 amide bonds. The summed E-state index contributed by atoms with van der Waals surface area (Å²) in [6, 6.07) is 0. The summed E-state index contributed by atoms with van der Waals surface area (Å²) >= 11 is 0. The molecule has 1 saturated carbocycles. The van der Waals surface area contributed by atoms with E-state index in [1.807, 2.05) is 0 Å². The summed E-state index contributed by atoms with van der Waals surface area (Å²) in [7, 11) is 1.50. The normalized spacial score (nSPS) is 37.4. The second-order valence-corrected chi connectivity index (χ2v) is 4.02. The number of rotatable bonds is 0. The van der Waals surface area contributed by atoms with Gasteiger partial charge in [0.05, 0.1) is 0 Å². The first-order valence-corrected chi connectivity index (χ1v) is 4.76. The number of hydrogen-bond donors (Lipinski definition) is 1. The summed E-state index contributed by atoms with van der Waals surface area (Å²) in [6.07, 6.45) is 4.39. The molecule has 0 atom stereocenters. The highest BCUT2D eigenvalue weighted by atomic mass is 14.4. The molecule has 68 valence electrons. The Bertz CT molecular complexity index is 65.9. The first-order valence-electron chi connectivity index (χ1n) is 4.76. The highest BCUT2D eigenvalue weighted by Gasteiger charge is 2.19. The topological polar surface area (TPSA) is 26.0 Å². The van der Waals surface area contributed by atoms with Gasteiger partial charge in [-0.15, -0.1) is 0 Å². The molecule has 1 fully saturated rings. The molecular weight excluding hydrogens is 134 g/mol. The van der Waals surface area contributed by atoms with Crippen molar-refractivity contribution in [3.63, 3.8) is 0 Å². The smallest absolute Gasteiger partial charge is 0.0195 e. The summed E-state index contributed by atoms with van der Waals surface area (Å²) in [4.78, 5) is 0. The van der Waals surface area contributed by atoms with Crippen molar-refractivity contribution >= 4 is 0 Å². The Hall–Kier alpha value is -0.0400. The Balaban J connectivity index is 0.000000461. The van der Waals surface area contributed by atoms with Crippen LogP contribution in [-0.4, -0.2) is 7.05 Å². The molecule has 0 aromatic carbocycles. The molecule has 1 nitrogen and oxygen atoms in total. The fraction of sp³-hybridized carbons (Fsp3) is 1.00. The Morgan fingerprint density at radius 2 is 0.909 bits per heavy atom. The number of nitrogens with two attached hydrogens (primary N) is 1. The van der Waals surface area contributed by atoms with Gasteiger partial charge in [0, 0.05) is 0 Å². The van der Waals surface area contributed by atoms with Gasteiger partial charge in [0.2, 0.25) is 0 Å². The highest BCUT2D eigenvalue weighted by Crippen LogP contribution is 2.31. The third-order valence-corrected chi connectivity index (χ3v) is 2.41. The van der Waals surface area contributed by atoms with E-state index >= 15 is 0 Å². The van der Waals surface area contributed by atoms with Gasteiger partial charge in [-0.05, 0) is 44.1 Å². The zero-order chi connectivity index (χ0) is 8.85. The molecule has 11 heavy (non-hydrogen) atoms. The van der Waals surface area contributed by atoms with Crippen LogP contribution in [0.2, 0.25) is 0 Å². The lowest BCUT2D eigenvalue weighted by molar-refractivity contribution is 0.233. The van der Waals surface area contributed by atoms with Gasteiger partial charge in [0.25, 0.3) is 0 Å². The molecule has 2 N–H and O–H groups in total. The van der Waals surface area contributed by atoms with Crippen molar-refractivity contribution in [2.24, 2.45) is 23.5 Å². The highest BCUT2D eigenvalue weighted by molar-refractivity contribution is 4.71. The standard InChI is InChI=1S/C9H18.CH5N/c1-7-4-8(2)6-9(3)5-7;1-2/h7-9H,4-6H2,1-3H3;2H2,1H3. The van der Waals surface area contributed by atoms with E-state index in [0.29, 0.717) is 0 Å². The second kappa shape index (κ2) is 5.59. The van der Waals surface area contributed by atoms with E-state index < -0.39 is 0 Å². The lowest BCUT2D eigenvalue weighted by Crippen LogP contribution is -2.16. The maximum absolute atomic E-state index is 4.50. The van der Waals surface area contributed by atoms with Gasteiger partial charge in [-0.3, -0.25) is 0 Å². The monoisotopic (exact) mass is 157 g/mol. The van der Waals surface area contributed by atoms with Crippen molar-refractivity contribution in [3.05, 3.63) is 0 Å². The predicted octanol–water partition coefficient (Wildman–Crippen LogP) is 2.65. The van der Waals surface area contributed by atoms with Gasteiger partial charge in [0.1, 0.15) is 0 Å². The summed E-state index contributed by atoms with van der Waals surface area (Å²) in [5.74, 6) is 2.97. The minimum absolute atomic E-state index is 0.990. The van der Waals surface area contributed by atoms with Crippen LogP contribution in [0.15, 0.2) is 0 Å². The van der Waals surface area contributed by atoms with E-state index in [9.17, 15) is 0 Å². The van der Waals surface area contributed by atoms with Crippen LogP contribution in [0.5, 0.6) is 0 Å². The van der Waals surface area contributed by atoms with E-state index in [4.69, 9.17) is 0 Å². The van der Waals surface area contributed by atoms with Crippen LogP contribution in [0.25, 0.3) is 0 Å². The van der Waals surface area contributed by atoms with Gasteiger partial charge in [-0.2, -0.15) is 0 Å². The fourth-order valence-corrected chi connectivity index (χ4v) is 2.35. The van der Waals surface area contributed by atoms with Gasteiger partial charge < -0.3 is 5.73 Å². The molecule has 0 bridgehead atoms. The lowest BCUT2D eigenvalue weighted by atomic mass is 9.78. The van der Waals surface area contributed by atoms with Crippen molar-refractivity contribution in [1.82, 2.24) is 0 Å². The SMILES string of the molecule is CC1CC(C)CC(C)C1.CN. The molecule has 1 aliphatic rings. The molecule has 1 aliphatic carbocycles. The van der Waals surface area contributed by atoms with Crippen molar-refractivity contribution in [1.29, 1.82) is 0 Å². The minimum Gasteiger partial charge on any atom is -0.333 e. The molecule has 0 aromatic heterocycles. The van der Waals surface area contributed by atoms with E-state index in [0.717, 1.165) is 17.8 Å². The first kappa shape index (κ1) is 11.0. The van der Waals surface area contributed by atoms with E-state index in [1.54, 1.807) is 0 Å². The zero-order valence-corrected chi connectivity index (χ0v) is 8.43. The molecule has 1 rings (SSSR count). The van der Waals surface area contributed by atoms with Crippen LogP contribution >= 0.6 is 0 Å². The summed E-state index contributed by atoms with van der Waals surface area (Å²) in [5, 5.41) is 0. The quantitative estimate of drug-likeness (QED) is 0.575. The maximum atomic E-state index is 4.50. The van der Waals surface area contributed by atoms with Gasteiger partial charge >= 0.3 is 0 Å². The predicted molar refractivity (Wildman–Crippen MR) is 51.5 cm³/mol. The van der Waals surface area contributed by atoms with Crippen molar-refractivity contribution < 1.29 is 0 Å². The van der Waals surface area contributed by atoms with Crippen LogP contribution < -0.4 is 5.73 Å². The van der Waals surface area contributed by atoms with Crippen LogP contribution in [0, 0.1) is 17.8 Å². The summed E-state index contributed by atoms with van der Waals surface area (Å²) in [6.45, 7) is 7.14. The molecule has 0 aromatic rings. The van der Waals surface area contributed by atoms with Gasteiger partial charge in [-0.1, -0.05) is 20.8 Å². The van der Waals surface area contributed by atoms with Crippen LogP contribution in [-0.2, 0) is 0 Å². The Morgan fingerprint density at radius 1 is 0.727 bits per heavy atom. The Morgan fingerprint density at radius 3 is 1.09 bits per heavy atom. The van der Waals surface area contributed by atoms with E-state index in [-0.39, 0.29) is 0 Å².